The lowest BCUT2D eigenvalue weighted by atomic mass is 9.58. The van der Waals surface area contributed by atoms with Crippen molar-refractivity contribution in [2.45, 2.75) is 59.1 Å². The number of aryl methyl sites for hydroxylation is 1. The van der Waals surface area contributed by atoms with Crippen LogP contribution in [0.3, 0.4) is 0 Å². The zero-order valence-corrected chi connectivity index (χ0v) is 14.8. The Labute approximate surface area is 137 Å². The van der Waals surface area contributed by atoms with Crippen molar-refractivity contribution < 1.29 is 4.74 Å². The largest absolute Gasteiger partial charge is 0.378 e. The maximum atomic E-state index is 6.01. The molecule has 2 heterocycles. The first-order chi connectivity index (χ1) is 11.1. The summed E-state index contributed by atoms with van der Waals surface area (Å²) < 4.78 is 7.84. The molecule has 2 atom stereocenters. The number of fused-ring (bicyclic) bond motifs is 1. The van der Waals surface area contributed by atoms with Crippen molar-refractivity contribution in [2.24, 2.45) is 5.41 Å². The SMILES string of the molecule is CCO[C@@H]1C[C@H](N(C)c2cc(C)nc3ncnn23)C1(CC)CC. The highest BCUT2D eigenvalue weighted by Gasteiger charge is 2.55. The lowest BCUT2D eigenvalue weighted by molar-refractivity contribution is -0.128. The molecule has 0 spiro atoms. The highest BCUT2D eigenvalue weighted by Crippen LogP contribution is 2.51. The molecule has 0 bridgehead atoms. The van der Waals surface area contributed by atoms with Gasteiger partial charge in [0.2, 0.25) is 0 Å². The topological polar surface area (TPSA) is 55.5 Å². The van der Waals surface area contributed by atoms with Crippen molar-refractivity contribution in [1.82, 2.24) is 19.6 Å². The Bertz CT molecular complexity index is 679. The van der Waals surface area contributed by atoms with Gasteiger partial charge < -0.3 is 9.64 Å². The minimum atomic E-state index is 0.203. The van der Waals surface area contributed by atoms with Gasteiger partial charge in [-0.3, -0.25) is 0 Å². The summed E-state index contributed by atoms with van der Waals surface area (Å²) >= 11 is 0. The highest BCUT2D eigenvalue weighted by molar-refractivity contribution is 5.48. The van der Waals surface area contributed by atoms with E-state index in [0.717, 1.165) is 37.4 Å². The van der Waals surface area contributed by atoms with Gasteiger partial charge >= 0.3 is 0 Å². The first kappa shape index (κ1) is 16.2. The molecule has 0 aliphatic heterocycles. The Morgan fingerprint density at radius 3 is 2.74 bits per heavy atom. The minimum absolute atomic E-state index is 0.203. The lowest BCUT2D eigenvalue weighted by Gasteiger charge is -2.58. The van der Waals surface area contributed by atoms with Crippen LogP contribution in [0, 0.1) is 12.3 Å². The third kappa shape index (κ3) is 2.40. The van der Waals surface area contributed by atoms with Gasteiger partial charge in [-0.05, 0) is 33.1 Å². The van der Waals surface area contributed by atoms with Crippen LogP contribution in [-0.4, -0.2) is 45.4 Å². The fraction of sp³-hybridized carbons (Fsp3) is 0.706. The lowest BCUT2D eigenvalue weighted by Crippen LogP contribution is -2.64. The van der Waals surface area contributed by atoms with Gasteiger partial charge in [0.15, 0.2) is 0 Å². The van der Waals surface area contributed by atoms with Gasteiger partial charge in [-0.25, -0.2) is 4.98 Å². The molecule has 23 heavy (non-hydrogen) atoms. The van der Waals surface area contributed by atoms with Gasteiger partial charge in [0.25, 0.3) is 5.78 Å². The average Bonchev–Trinajstić information content (AvgIpc) is 2.99. The summed E-state index contributed by atoms with van der Waals surface area (Å²) in [5, 5.41) is 4.35. The summed E-state index contributed by atoms with van der Waals surface area (Å²) in [5.74, 6) is 1.71. The van der Waals surface area contributed by atoms with E-state index in [9.17, 15) is 0 Å². The zero-order valence-electron chi connectivity index (χ0n) is 14.8. The van der Waals surface area contributed by atoms with Gasteiger partial charge in [-0.15, -0.1) is 0 Å². The third-order valence-electron chi connectivity index (χ3n) is 5.62. The predicted octanol–water partition coefficient (Wildman–Crippen LogP) is 2.85. The van der Waals surface area contributed by atoms with E-state index in [-0.39, 0.29) is 5.41 Å². The summed E-state index contributed by atoms with van der Waals surface area (Å²) in [6.45, 7) is 9.42. The second kappa shape index (κ2) is 6.07. The zero-order chi connectivity index (χ0) is 16.6. The van der Waals surface area contributed by atoms with Crippen molar-refractivity contribution in [3.8, 4) is 0 Å². The van der Waals surface area contributed by atoms with Crippen LogP contribution in [0.25, 0.3) is 5.78 Å². The third-order valence-corrected chi connectivity index (χ3v) is 5.62. The Morgan fingerprint density at radius 1 is 1.35 bits per heavy atom. The fourth-order valence-corrected chi connectivity index (χ4v) is 4.20. The molecule has 1 aliphatic carbocycles. The number of hydrogen-bond acceptors (Lipinski definition) is 5. The first-order valence-electron chi connectivity index (χ1n) is 8.59. The number of rotatable bonds is 6. The highest BCUT2D eigenvalue weighted by atomic mass is 16.5. The molecule has 3 rings (SSSR count). The predicted molar refractivity (Wildman–Crippen MR) is 90.8 cm³/mol. The molecule has 1 fully saturated rings. The Hall–Kier alpha value is -1.69. The molecule has 0 saturated heterocycles. The summed E-state index contributed by atoms with van der Waals surface area (Å²) in [6.07, 6.45) is 5.21. The van der Waals surface area contributed by atoms with E-state index in [0.29, 0.717) is 17.9 Å². The molecule has 1 aliphatic rings. The second-order valence-corrected chi connectivity index (χ2v) is 6.47. The monoisotopic (exact) mass is 317 g/mol. The van der Waals surface area contributed by atoms with Gasteiger partial charge in [0.05, 0.1) is 6.10 Å². The van der Waals surface area contributed by atoms with Gasteiger partial charge in [0, 0.05) is 36.9 Å². The molecular formula is C17H27N5O. The number of aromatic nitrogens is 4. The normalized spacial score (nSPS) is 23.0. The summed E-state index contributed by atoms with van der Waals surface area (Å²) in [7, 11) is 2.16. The van der Waals surface area contributed by atoms with Crippen LogP contribution in [-0.2, 0) is 4.74 Å². The molecule has 126 valence electrons. The molecule has 6 nitrogen and oxygen atoms in total. The van der Waals surface area contributed by atoms with Crippen LogP contribution in [0.5, 0.6) is 0 Å². The van der Waals surface area contributed by atoms with Crippen LogP contribution < -0.4 is 4.90 Å². The van der Waals surface area contributed by atoms with E-state index >= 15 is 0 Å². The molecule has 0 radical (unpaired) electrons. The van der Waals surface area contributed by atoms with Gasteiger partial charge in [-0.2, -0.15) is 14.6 Å². The molecule has 0 amide bonds. The number of hydrogen-bond donors (Lipinski definition) is 0. The average molecular weight is 317 g/mol. The Kier molecular flexibility index (Phi) is 4.27. The maximum absolute atomic E-state index is 6.01. The van der Waals surface area contributed by atoms with Crippen LogP contribution in [0.1, 0.15) is 45.7 Å². The van der Waals surface area contributed by atoms with Crippen LogP contribution >= 0.6 is 0 Å². The van der Waals surface area contributed by atoms with Crippen LogP contribution in [0.15, 0.2) is 12.4 Å². The smallest absolute Gasteiger partial charge is 0.254 e. The summed E-state index contributed by atoms with van der Waals surface area (Å²) in [4.78, 5) is 11.0. The first-order valence-corrected chi connectivity index (χ1v) is 8.59. The van der Waals surface area contributed by atoms with Crippen LogP contribution in [0.2, 0.25) is 0 Å². The van der Waals surface area contributed by atoms with E-state index in [1.807, 2.05) is 11.4 Å². The van der Waals surface area contributed by atoms with E-state index in [4.69, 9.17) is 4.74 Å². The Morgan fingerprint density at radius 2 is 2.09 bits per heavy atom. The molecule has 0 aromatic carbocycles. The number of nitrogens with zero attached hydrogens (tertiary/aromatic N) is 5. The molecule has 0 unspecified atom stereocenters. The molecule has 1 saturated carbocycles. The van der Waals surface area contributed by atoms with Crippen molar-refractivity contribution in [3.05, 3.63) is 18.1 Å². The second-order valence-electron chi connectivity index (χ2n) is 6.47. The minimum Gasteiger partial charge on any atom is -0.378 e. The van der Waals surface area contributed by atoms with Crippen molar-refractivity contribution in [1.29, 1.82) is 0 Å². The maximum Gasteiger partial charge on any atom is 0.254 e. The number of ether oxygens (including phenoxy) is 1. The summed E-state index contributed by atoms with van der Waals surface area (Å²) in [6, 6.07) is 2.54. The van der Waals surface area contributed by atoms with E-state index in [1.54, 1.807) is 6.33 Å². The molecule has 2 aromatic rings. The summed E-state index contributed by atoms with van der Waals surface area (Å²) in [5.41, 5.74) is 1.17. The van der Waals surface area contributed by atoms with E-state index in [2.05, 4.69) is 53.9 Å². The van der Waals surface area contributed by atoms with Crippen molar-refractivity contribution in [3.63, 3.8) is 0 Å². The molecular weight excluding hydrogens is 290 g/mol. The fourth-order valence-electron chi connectivity index (χ4n) is 4.20. The standard InChI is InChI=1S/C17H27N5O/c1-6-17(7-2)13(10-14(17)23-8-3)21(5)15-9-12(4)20-16-18-11-19-22(15)16/h9,11,13-14H,6-8,10H2,1-5H3/t13-,14+/m0/s1. The van der Waals surface area contributed by atoms with E-state index in [1.165, 1.54) is 0 Å². The number of anilines is 1. The quantitative estimate of drug-likeness (QED) is 0.820. The van der Waals surface area contributed by atoms with Gasteiger partial charge in [0.1, 0.15) is 12.1 Å². The molecule has 2 aromatic heterocycles. The molecule has 6 heteroatoms. The van der Waals surface area contributed by atoms with E-state index < -0.39 is 0 Å². The van der Waals surface area contributed by atoms with Crippen molar-refractivity contribution >= 4 is 11.6 Å². The molecule has 0 N–H and O–H groups in total. The van der Waals surface area contributed by atoms with Crippen molar-refractivity contribution in [2.75, 3.05) is 18.6 Å². The van der Waals surface area contributed by atoms with Gasteiger partial charge in [-0.1, -0.05) is 13.8 Å². The Balaban J connectivity index is 1.96. The van der Waals surface area contributed by atoms with Crippen LogP contribution in [0.4, 0.5) is 5.82 Å².